The topological polar surface area (TPSA) is 88.5 Å². The van der Waals surface area contributed by atoms with Crippen molar-refractivity contribution in [2.75, 3.05) is 59.7 Å². The van der Waals surface area contributed by atoms with Crippen LogP contribution in [0.5, 0.6) is 0 Å². The van der Waals surface area contributed by atoms with Crippen LogP contribution in [0.3, 0.4) is 0 Å². The van der Waals surface area contributed by atoms with Crippen LogP contribution in [0.2, 0.25) is 0 Å². The third-order valence-electron chi connectivity index (χ3n) is 5.13. The van der Waals surface area contributed by atoms with Gasteiger partial charge in [-0.05, 0) is 24.7 Å². The lowest BCUT2D eigenvalue weighted by Crippen LogP contribution is -2.47. The Labute approximate surface area is 161 Å². The SMILES string of the molecule is COCCN1C[C@@H]2COC[C@H](C(=O)N3CCCCO3)[C@@H]2C1.O=C(O)C(F)(F)F. The summed E-state index contributed by atoms with van der Waals surface area (Å²) in [5.41, 5.74) is 0. The molecule has 0 saturated carbocycles. The molecule has 8 nitrogen and oxygen atoms in total. The maximum absolute atomic E-state index is 12.7. The second kappa shape index (κ2) is 10.4. The lowest BCUT2D eigenvalue weighted by atomic mass is 9.82. The summed E-state index contributed by atoms with van der Waals surface area (Å²) < 4.78 is 42.6. The molecule has 3 aliphatic heterocycles. The average molecular weight is 412 g/mol. The molecule has 162 valence electrons. The zero-order valence-corrected chi connectivity index (χ0v) is 15.8. The monoisotopic (exact) mass is 412 g/mol. The molecule has 3 aliphatic rings. The number of fused-ring (bicyclic) bond motifs is 1. The van der Waals surface area contributed by atoms with Crippen molar-refractivity contribution in [1.82, 2.24) is 9.96 Å². The highest BCUT2D eigenvalue weighted by atomic mass is 19.4. The molecule has 1 N–H and O–H groups in total. The summed E-state index contributed by atoms with van der Waals surface area (Å²) in [7, 11) is 1.73. The van der Waals surface area contributed by atoms with Gasteiger partial charge in [-0.2, -0.15) is 13.2 Å². The number of rotatable bonds is 4. The number of carbonyl (C=O) groups excluding carboxylic acids is 1. The standard InChI is InChI=1S/C15H26N2O4.C2HF3O2/c1-19-7-5-16-8-12-10-20-11-14(13(12)9-16)15(18)17-4-2-3-6-21-17;3-2(4,5)1(6)7/h12-14H,2-11H2,1H3;(H,6,7)/t12-,13-,14+;/m1./s1. The molecule has 3 saturated heterocycles. The third-order valence-corrected chi connectivity index (χ3v) is 5.13. The van der Waals surface area contributed by atoms with Gasteiger partial charge in [0.25, 0.3) is 5.91 Å². The van der Waals surface area contributed by atoms with Crippen LogP contribution in [0, 0.1) is 17.8 Å². The maximum Gasteiger partial charge on any atom is 0.490 e. The fourth-order valence-corrected chi connectivity index (χ4v) is 3.70. The Morgan fingerprint density at radius 2 is 1.93 bits per heavy atom. The molecule has 0 aliphatic carbocycles. The molecule has 0 unspecified atom stereocenters. The van der Waals surface area contributed by atoms with Crippen molar-refractivity contribution < 1.29 is 42.2 Å². The molecule has 3 heterocycles. The van der Waals surface area contributed by atoms with Gasteiger partial charge in [0.1, 0.15) is 0 Å². The Bertz CT molecular complexity index is 528. The second-order valence-electron chi connectivity index (χ2n) is 7.10. The van der Waals surface area contributed by atoms with E-state index in [4.69, 9.17) is 24.2 Å². The zero-order valence-electron chi connectivity index (χ0n) is 15.8. The molecule has 0 spiro atoms. The summed E-state index contributed by atoms with van der Waals surface area (Å²) in [6.07, 6.45) is -3.00. The Hall–Kier alpha value is -1.43. The van der Waals surface area contributed by atoms with E-state index >= 15 is 0 Å². The van der Waals surface area contributed by atoms with E-state index in [1.165, 1.54) is 0 Å². The van der Waals surface area contributed by atoms with Crippen molar-refractivity contribution in [3.05, 3.63) is 0 Å². The predicted molar refractivity (Wildman–Crippen MR) is 90.2 cm³/mol. The first kappa shape index (κ1) is 22.9. The number of alkyl halides is 3. The number of likely N-dealkylation sites (tertiary alicyclic amines) is 1. The molecule has 0 aromatic carbocycles. The van der Waals surface area contributed by atoms with Crippen LogP contribution in [0.4, 0.5) is 13.2 Å². The van der Waals surface area contributed by atoms with Gasteiger partial charge in [0.2, 0.25) is 0 Å². The van der Waals surface area contributed by atoms with Gasteiger partial charge < -0.3 is 19.5 Å². The highest BCUT2D eigenvalue weighted by Gasteiger charge is 2.45. The number of carboxylic acids is 1. The minimum Gasteiger partial charge on any atom is -0.475 e. The number of carboxylic acid groups (broad SMARTS) is 1. The number of hydrogen-bond acceptors (Lipinski definition) is 6. The Morgan fingerprint density at radius 1 is 1.21 bits per heavy atom. The van der Waals surface area contributed by atoms with E-state index in [-0.39, 0.29) is 11.8 Å². The van der Waals surface area contributed by atoms with Gasteiger partial charge >= 0.3 is 12.1 Å². The van der Waals surface area contributed by atoms with Crippen LogP contribution in [-0.2, 0) is 23.9 Å². The van der Waals surface area contributed by atoms with E-state index in [9.17, 15) is 18.0 Å². The average Bonchev–Trinajstić information content (AvgIpc) is 3.09. The van der Waals surface area contributed by atoms with Gasteiger partial charge in [-0.25, -0.2) is 9.86 Å². The van der Waals surface area contributed by atoms with Gasteiger partial charge in [0.15, 0.2) is 0 Å². The molecule has 3 fully saturated rings. The van der Waals surface area contributed by atoms with Crippen LogP contribution in [0.25, 0.3) is 0 Å². The molecule has 3 rings (SSSR count). The summed E-state index contributed by atoms with van der Waals surface area (Å²) in [4.78, 5) is 29.5. The van der Waals surface area contributed by atoms with Crippen LogP contribution >= 0.6 is 0 Å². The number of methoxy groups -OCH3 is 1. The summed E-state index contributed by atoms with van der Waals surface area (Å²) in [5, 5.41) is 8.71. The minimum atomic E-state index is -5.08. The van der Waals surface area contributed by atoms with E-state index in [0.717, 1.165) is 52.2 Å². The molecule has 0 radical (unpaired) electrons. The Kier molecular flexibility index (Phi) is 8.47. The summed E-state index contributed by atoms with van der Waals surface area (Å²) >= 11 is 0. The zero-order chi connectivity index (χ0) is 20.7. The van der Waals surface area contributed by atoms with Gasteiger partial charge in [-0.15, -0.1) is 0 Å². The van der Waals surface area contributed by atoms with E-state index in [2.05, 4.69) is 4.90 Å². The quantitative estimate of drug-likeness (QED) is 0.737. The number of ether oxygens (including phenoxy) is 2. The highest BCUT2D eigenvalue weighted by Crippen LogP contribution is 2.35. The Balaban J connectivity index is 0.000000345. The van der Waals surface area contributed by atoms with Crippen molar-refractivity contribution in [2.45, 2.75) is 19.0 Å². The third kappa shape index (κ3) is 6.29. The lowest BCUT2D eigenvalue weighted by molar-refractivity contribution is -0.207. The number of nitrogens with zero attached hydrogens (tertiary/aromatic N) is 2. The van der Waals surface area contributed by atoms with Gasteiger partial charge in [0.05, 0.1) is 32.3 Å². The molecule has 1 amide bonds. The molecule has 0 bridgehead atoms. The number of halogens is 3. The van der Waals surface area contributed by atoms with Crippen LogP contribution in [-0.4, -0.2) is 92.8 Å². The fourth-order valence-electron chi connectivity index (χ4n) is 3.70. The van der Waals surface area contributed by atoms with Crippen LogP contribution < -0.4 is 0 Å². The number of amides is 1. The summed E-state index contributed by atoms with van der Waals surface area (Å²) in [5.74, 6) is -1.82. The minimum absolute atomic E-state index is 0.0469. The molecule has 11 heteroatoms. The number of aliphatic carboxylic acids is 1. The fraction of sp³-hybridized carbons (Fsp3) is 0.882. The number of hydroxylamine groups is 2. The van der Waals surface area contributed by atoms with Crippen molar-refractivity contribution in [3.63, 3.8) is 0 Å². The molecular formula is C17H27F3N2O6. The van der Waals surface area contributed by atoms with Crippen molar-refractivity contribution >= 4 is 11.9 Å². The highest BCUT2D eigenvalue weighted by molar-refractivity contribution is 5.78. The van der Waals surface area contributed by atoms with E-state index in [1.807, 2.05) is 0 Å². The normalized spacial score (nSPS) is 28.3. The molecule has 0 aromatic heterocycles. The molecule has 3 atom stereocenters. The van der Waals surface area contributed by atoms with Gasteiger partial charge in [-0.1, -0.05) is 0 Å². The first-order valence-corrected chi connectivity index (χ1v) is 9.27. The molecule has 28 heavy (non-hydrogen) atoms. The summed E-state index contributed by atoms with van der Waals surface area (Å²) in [6, 6.07) is 0. The lowest BCUT2D eigenvalue weighted by Gasteiger charge is -2.36. The number of carbonyl (C=O) groups is 2. The van der Waals surface area contributed by atoms with Crippen LogP contribution in [0.1, 0.15) is 12.8 Å². The Morgan fingerprint density at radius 3 is 2.50 bits per heavy atom. The van der Waals surface area contributed by atoms with Crippen LogP contribution in [0.15, 0.2) is 0 Å². The second-order valence-corrected chi connectivity index (χ2v) is 7.10. The van der Waals surface area contributed by atoms with Gasteiger partial charge in [-0.3, -0.25) is 9.63 Å². The number of hydrogen-bond donors (Lipinski definition) is 1. The smallest absolute Gasteiger partial charge is 0.475 e. The first-order chi connectivity index (χ1) is 13.2. The molecule has 0 aromatic rings. The maximum atomic E-state index is 12.7. The van der Waals surface area contributed by atoms with E-state index in [1.54, 1.807) is 12.2 Å². The molecular weight excluding hydrogens is 385 g/mol. The van der Waals surface area contributed by atoms with Crippen molar-refractivity contribution in [3.8, 4) is 0 Å². The van der Waals surface area contributed by atoms with Gasteiger partial charge in [0, 0.05) is 33.3 Å². The van der Waals surface area contributed by atoms with E-state index in [0.29, 0.717) is 25.0 Å². The predicted octanol–water partition coefficient (Wildman–Crippen LogP) is 1.01. The van der Waals surface area contributed by atoms with Crippen molar-refractivity contribution in [1.29, 1.82) is 0 Å². The summed E-state index contributed by atoms with van der Waals surface area (Å²) in [6.45, 7) is 6.36. The first-order valence-electron chi connectivity index (χ1n) is 9.27. The van der Waals surface area contributed by atoms with Crippen molar-refractivity contribution in [2.24, 2.45) is 17.8 Å². The van der Waals surface area contributed by atoms with E-state index < -0.39 is 12.1 Å². The largest absolute Gasteiger partial charge is 0.490 e.